The average molecular weight is 559 g/mol. The van der Waals surface area contributed by atoms with Crippen LogP contribution in [0.3, 0.4) is 0 Å². The van der Waals surface area contributed by atoms with E-state index in [0.717, 1.165) is 18.9 Å². The number of benzene rings is 2. The predicted molar refractivity (Wildman–Crippen MR) is 137 cm³/mol. The van der Waals surface area contributed by atoms with Crippen molar-refractivity contribution in [1.29, 1.82) is 0 Å². The SMILES string of the molecule is CCCCOC(=O)c1ccc(-c2ccc(/C=C3/SC(=O)N(CC(=O)Nc4ccc(F)c(F)c4F)C3=O)o2)cc1. The van der Waals surface area contributed by atoms with E-state index in [2.05, 4.69) is 0 Å². The minimum Gasteiger partial charge on any atom is -0.462 e. The van der Waals surface area contributed by atoms with Gasteiger partial charge in [-0.05, 0) is 54.6 Å². The first-order chi connectivity index (χ1) is 18.7. The highest BCUT2D eigenvalue weighted by molar-refractivity contribution is 8.18. The van der Waals surface area contributed by atoms with Crippen LogP contribution >= 0.6 is 11.8 Å². The van der Waals surface area contributed by atoms with Crippen LogP contribution in [0.2, 0.25) is 0 Å². The van der Waals surface area contributed by atoms with Gasteiger partial charge < -0.3 is 14.5 Å². The summed E-state index contributed by atoms with van der Waals surface area (Å²) in [6.45, 7) is 1.58. The molecule has 1 aromatic heterocycles. The van der Waals surface area contributed by atoms with E-state index >= 15 is 0 Å². The second-order valence-electron chi connectivity index (χ2n) is 8.31. The van der Waals surface area contributed by atoms with E-state index in [9.17, 15) is 32.3 Å². The zero-order valence-electron chi connectivity index (χ0n) is 20.5. The third-order valence-corrected chi connectivity index (χ3v) is 6.43. The van der Waals surface area contributed by atoms with Gasteiger partial charge in [0.25, 0.3) is 11.1 Å². The van der Waals surface area contributed by atoms with Crippen LogP contribution in [0.25, 0.3) is 17.4 Å². The molecule has 1 aliphatic rings. The quantitative estimate of drug-likeness (QED) is 0.149. The van der Waals surface area contributed by atoms with Crippen molar-refractivity contribution in [3.05, 3.63) is 82.2 Å². The van der Waals surface area contributed by atoms with Crippen molar-refractivity contribution < 1.29 is 41.5 Å². The summed E-state index contributed by atoms with van der Waals surface area (Å²) in [4.78, 5) is 50.0. The lowest BCUT2D eigenvalue weighted by Gasteiger charge is -2.13. The van der Waals surface area contributed by atoms with Crippen molar-refractivity contribution in [1.82, 2.24) is 4.90 Å². The van der Waals surface area contributed by atoms with Crippen LogP contribution in [0, 0.1) is 17.5 Å². The molecular weight excluding hydrogens is 537 g/mol. The van der Waals surface area contributed by atoms with Gasteiger partial charge in [0.1, 0.15) is 18.1 Å². The second-order valence-corrected chi connectivity index (χ2v) is 9.30. The summed E-state index contributed by atoms with van der Waals surface area (Å²) < 4.78 is 51.2. The summed E-state index contributed by atoms with van der Waals surface area (Å²) in [7, 11) is 0. The van der Waals surface area contributed by atoms with Gasteiger partial charge in [0.2, 0.25) is 5.91 Å². The summed E-state index contributed by atoms with van der Waals surface area (Å²) in [5.41, 5.74) is 0.423. The van der Waals surface area contributed by atoms with Gasteiger partial charge in [-0.15, -0.1) is 0 Å². The largest absolute Gasteiger partial charge is 0.462 e. The van der Waals surface area contributed by atoms with Crippen molar-refractivity contribution in [2.24, 2.45) is 0 Å². The Labute approximate surface area is 224 Å². The Morgan fingerprint density at radius 2 is 1.77 bits per heavy atom. The lowest BCUT2D eigenvalue weighted by molar-refractivity contribution is -0.127. The highest BCUT2D eigenvalue weighted by atomic mass is 32.2. The van der Waals surface area contributed by atoms with Gasteiger partial charge in [-0.1, -0.05) is 25.5 Å². The summed E-state index contributed by atoms with van der Waals surface area (Å²) >= 11 is 0.574. The van der Waals surface area contributed by atoms with Crippen molar-refractivity contribution >= 4 is 46.5 Å². The molecule has 0 unspecified atom stereocenters. The molecule has 2 aromatic carbocycles. The van der Waals surface area contributed by atoms with Crippen molar-refractivity contribution in [2.75, 3.05) is 18.5 Å². The van der Waals surface area contributed by atoms with Crippen LogP contribution < -0.4 is 5.32 Å². The summed E-state index contributed by atoms with van der Waals surface area (Å²) in [5.74, 6) is -6.28. The maximum atomic E-state index is 13.8. The second kappa shape index (κ2) is 12.0. The number of hydrogen-bond acceptors (Lipinski definition) is 7. The topological polar surface area (TPSA) is 106 Å². The minimum absolute atomic E-state index is 0.0159. The first-order valence-electron chi connectivity index (χ1n) is 11.7. The van der Waals surface area contributed by atoms with Crippen LogP contribution in [0.1, 0.15) is 35.9 Å². The molecule has 0 atom stereocenters. The molecule has 202 valence electrons. The Balaban J connectivity index is 1.40. The summed E-state index contributed by atoms with van der Waals surface area (Å²) in [6, 6.07) is 11.3. The van der Waals surface area contributed by atoms with E-state index in [1.807, 2.05) is 12.2 Å². The number of rotatable bonds is 9. The predicted octanol–water partition coefficient (Wildman–Crippen LogP) is 6.00. The number of halogens is 3. The standard InChI is InChI=1S/C27H21F3N2O6S/c1-2-3-12-37-26(35)16-6-4-15(5-7-16)20-11-8-17(38-20)13-21-25(34)32(27(36)39-21)14-22(33)31-19-10-9-18(28)23(29)24(19)30/h4-11,13H,2-3,12,14H2,1H3,(H,31,33)/b21-13+. The van der Waals surface area contributed by atoms with Crippen LogP contribution in [-0.2, 0) is 14.3 Å². The number of unbranched alkanes of at least 4 members (excludes halogenated alkanes) is 1. The van der Waals surface area contributed by atoms with Gasteiger partial charge >= 0.3 is 5.97 Å². The number of furan rings is 1. The number of anilines is 1. The Morgan fingerprint density at radius 1 is 1.03 bits per heavy atom. The van der Waals surface area contributed by atoms with E-state index < -0.39 is 52.7 Å². The van der Waals surface area contributed by atoms with Crippen LogP contribution in [-0.4, -0.2) is 41.1 Å². The highest BCUT2D eigenvalue weighted by Gasteiger charge is 2.36. The lowest BCUT2D eigenvalue weighted by atomic mass is 10.1. The van der Waals surface area contributed by atoms with Gasteiger partial charge in [-0.25, -0.2) is 18.0 Å². The van der Waals surface area contributed by atoms with E-state index in [-0.39, 0.29) is 10.7 Å². The fourth-order valence-electron chi connectivity index (χ4n) is 3.47. The third kappa shape index (κ3) is 6.40. The fourth-order valence-corrected chi connectivity index (χ4v) is 4.29. The van der Waals surface area contributed by atoms with E-state index in [1.54, 1.807) is 36.4 Å². The Bertz CT molecular complexity index is 1470. The molecule has 3 amide bonds. The van der Waals surface area contributed by atoms with Crippen LogP contribution in [0.5, 0.6) is 0 Å². The van der Waals surface area contributed by atoms with Crippen LogP contribution in [0.15, 0.2) is 57.9 Å². The maximum absolute atomic E-state index is 13.8. The molecule has 2 heterocycles. The molecular formula is C27H21F3N2O6S. The number of ether oxygens (including phenoxy) is 1. The van der Waals surface area contributed by atoms with Crippen LogP contribution in [0.4, 0.5) is 23.7 Å². The molecule has 12 heteroatoms. The lowest BCUT2D eigenvalue weighted by Crippen LogP contribution is -2.36. The molecule has 0 saturated carbocycles. The number of nitrogens with one attached hydrogen (secondary N) is 1. The van der Waals surface area contributed by atoms with E-state index in [1.165, 1.54) is 6.08 Å². The Kier molecular flexibility index (Phi) is 8.55. The maximum Gasteiger partial charge on any atom is 0.338 e. The minimum atomic E-state index is -1.76. The molecule has 0 bridgehead atoms. The molecule has 0 radical (unpaired) electrons. The first kappa shape index (κ1) is 27.7. The number of carbonyl (C=O) groups is 4. The third-order valence-electron chi connectivity index (χ3n) is 5.52. The molecule has 0 aliphatic carbocycles. The molecule has 1 fully saturated rings. The molecule has 39 heavy (non-hydrogen) atoms. The number of nitrogens with zero attached hydrogens (tertiary/aromatic N) is 1. The smallest absolute Gasteiger partial charge is 0.338 e. The number of esters is 1. The molecule has 3 aromatic rings. The van der Waals surface area contributed by atoms with Crippen molar-refractivity contribution in [3.8, 4) is 11.3 Å². The molecule has 1 N–H and O–H groups in total. The van der Waals surface area contributed by atoms with Gasteiger partial charge in [0.05, 0.1) is 22.8 Å². The summed E-state index contributed by atoms with van der Waals surface area (Å²) in [6.07, 6.45) is 3.03. The highest BCUT2D eigenvalue weighted by Crippen LogP contribution is 2.33. The molecule has 0 spiro atoms. The number of amides is 3. The zero-order valence-corrected chi connectivity index (χ0v) is 21.3. The van der Waals surface area contributed by atoms with Crippen molar-refractivity contribution in [3.63, 3.8) is 0 Å². The average Bonchev–Trinajstić information content (AvgIpc) is 3.49. The van der Waals surface area contributed by atoms with Crippen molar-refractivity contribution in [2.45, 2.75) is 19.8 Å². The van der Waals surface area contributed by atoms with Gasteiger partial charge in [-0.3, -0.25) is 19.3 Å². The summed E-state index contributed by atoms with van der Waals surface area (Å²) in [5, 5.41) is 1.26. The number of thioether (sulfide) groups is 1. The number of hydrogen-bond donors (Lipinski definition) is 1. The monoisotopic (exact) mass is 558 g/mol. The normalized spacial score (nSPS) is 14.3. The zero-order chi connectivity index (χ0) is 28.1. The van der Waals surface area contributed by atoms with Gasteiger partial charge in [0, 0.05) is 11.6 Å². The molecule has 4 rings (SSSR count). The fraction of sp³-hybridized carbons (Fsp3) is 0.185. The first-order valence-corrected chi connectivity index (χ1v) is 12.6. The van der Waals surface area contributed by atoms with Gasteiger partial charge in [0.15, 0.2) is 17.5 Å². The number of imide groups is 1. The Hall–Kier alpha value is -4.32. The van der Waals surface area contributed by atoms with E-state index in [0.29, 0.717) is 46.2 Å². The van der Waals surface area contributed by atoms with E-state index in [4.69, 9.17) is 9.15 Å². The van der Waals surface area contributed by atoms with Gasteiger partial charge in [-0.2, -0.15) is 0 Å². The number of carbonyl (C=O) groups excluding carboxylic acids is 4. The molecule has 8 nitrogen and oxygen atoms in total. The molecule has 1 saturated heterocycles. The Morgan fingerprint density at radius 3 is 2.49 bits per heavy atom. The molecule has 1 aliphatic heterocycles.